The average molecular weight is 203 g/mol. The smallest absolute Gasteiger partial charge is 0.0816 e. The Morgan fingerprint density at radius 1 is 1.62 bits per heavy atom. The van der Waals surface area contributed by atoms with Gasteiger partial charge in [-0.1, -0.05) is 20.3 Å². The van der Waals surface area contributed by atoms with Gasteiger partial charge in [-0.15, -0.1) is 0 Å². The van der Waals surface area contributed by atoms with Gasteiger partial charge in [0.25, 0.3) is 0 Å². The normalized spacial score (nSPS) is 28.4. The van der Waals surface area contributed by atoms with Crippen molar-refractivity contribution < 1.29 is 4.74 Å². The van der Waals surface area contributed by atoms with E-state index in [0.29, 0.717) is 6.10 Å². The van der Waals surface area contributed by atoms with Crippen molar-refractivity contribution in [3.63, 3.8) is 0 Å². The Morgan fingerprint density at radius 2 is 2.38 bits per heavy atom. The third kappa shape index (κ3) is 3.88. The lowest BCUT2D eigenvalue weighted by molar-refractivity contribution is 0.0514. The summed E-state index contributed by atoms with van der Waals surface area (Å²) in [7, 11) is 0. The second-order valence-corrected chi connectivity index (χ2v) is 5.05. The fourth-order valence-corrected chi connectivity index (χ4v) is 2.49. The summed E-state index contributed by atoms with van der Waals surface area (Å²) in [6.45, 7) is 5.35. The zero-order valence-corrected chi connectivity index (χ0v) is 9.48. The van der Waals surface area contributed by atoms with Gasteiger partial charge < -0.3 is 10.5 Å². The molecule has 1 fully saturated rings. The fourth-order valence-electron chi connectivity index (χ4n) is 1.54. The molecule has 0 saturated carbocycles. The first-order valence-corrected chi connectivity index (χ1v) is 6.34. The fraction of sp³-hybridized carbons (Fsp3) is 1.00. The van der Waals surface area contributed by atoms with Crippen molar-refractivity contribution in [1.29, 1.82) is 0 Å². The van der Waals surface area contributed by atoms with Gasteiger partial charge in [0.1, 0.15) is 0 Å². The molecule has 2 N–H and O–H groups in total. The average Bonchev–Trinajstić information content (AvgIpc) is 2.19. The quantitative estimate of drug-likeness (QED) is 0.758. The van der Waals surface area contributed by atoms with Crippen LogP contribution in [-0.2, 0) is 4.74 Å². The van der Waals surface area contributed by atoms with Crippen LogP contribution in [0.15, 0.2) is 0 Å². The van der Waals surface area contributed by atoms with E-state index in [1.54, 1.807) is 0 Å². The van der Waals surface area contributed by atoms with Gasteiger partial charge in [-0.2, -0.15) is 11.8 Å². The molecular formula is C10H21NOS. The van der Waals surface area contributed by atoms with Crippen LogP contribution in [0.1, 0.15) is 26.7 Å². The van der Waals surface area contributed by atoms with Crippen LogP contribution < -0.4 is 5.73 Å². The summed E-state index contributed by atoms with van der Waals surface area (Å²) in [6.07, 6.45) is 2.61. The molecule has 0 bridgehead atoms. The second kappa shape index (κ2) is 5.89. The van der Waals surface area contributed by atoms with Gasteiger partial charge in [0.05, 0.1) is 12.7 Å². The van der Waals surface area contributed by atoms with E-state index in [4.69, 9.17) is 10.5 Å². The Bertz CT molecular complexity index is 137. The van der Waals surface area contributed by atoms with Crippen molar-refractivity contribution in [2.75, 3.05) is 18.1 Å². The Balaban J connectivity index is 2.24. The molecule has 0 aromatic rings. The van der Waals surface area contributed by atoms with E-state index in [2.05, 4.69) is 13.8 Å². The van der Waals surface area contributed by atoms with Crippen LogP contribution in [0.5, 0.6) is 0 Å². The third-order valence-corrected chi connectivity index (χ3v) is 3.71. The van der Waals surface area contributed by atoms with Crippen LogP contribution in [-0.4, -0.2) is 30.3 Å². The van der Waals surface area contributed by atoms with Crippen molar-refractivity contribution in [3.05, 3.63) is 0 Å². The second-order valence-electron chi connectivity index (χ2n) is 3.90. The summed E-state index contributed by atoms with van der Waals surface area (Å²) in [5.41, 5.74) is 6.09. The molecule has 78 valence electrons. The van der Waals surface area contributed by atoms with Crippen LogP contribution in [0.25, 0.3) is 0 Å². The summed E-state index contributed by atoms with van der Waals surface area (Å²) < 4.78 is 5.64. The summed E-state index contributed by atoms with van der Waals surface area (Å²) in [5, 5.41) is 0. The molecule has 1 heterocycles. The largest absolute Gasteiger partial charge is 0.375 e. The molecule has 1 aliphatic rings. The highest BCUT2D eigenvalue weighted by molar-refractivity contribution is 7.99. The first kappa shape index (κ1) is 11.3. The monoisotopic (exact) mass is 203 g/mol. The van der Waals surface area contributed by atoms with Gasteiger partial charge >= 0.3 is 0 Å². The van der Waals surface area contributed by atoms with Crippen LogP contribution in [0.4, 0.5) is 0 Å². The standard InChI is InChI=1S/C10H21NOS/c1-3-8(2)6-9(11)10-7-13-5-4-12-10/h8-10H,3-7,11H2,1-2H3. The lowest BCUT2D eigenvalue weighted by Crippen LogP contribution is -2.42. The first-order valence-electron chi connectivity index (χ1n) is 5.19. The van der Waals surface area contributed by atoms with E-state index in [1.165, 1.54) is 6.42 Å². The topological polar surface area (TPSA) is 35.2 Å². The Hall–Kier alpha value is 0.270. The number of ether oxygens (including phenoxy) is 1. The minimum Gasteiger partial charge on any atom is -0.375 e. The van der Waals surface area contributed by atoms with Crippen LogP contribution >= 0.6 is 11.8 Å². The maximum atomic E-state index is 6.09. The van der Waals surface area contributed by atoms with Crippen molar-refractivity contribution in [2.45, 2.75) is 38.8 Å². The van der Waals surface area contributed by atoms with Crippen molar-refractivity contribution in [2.24, 2.45) is 11.7 Å². The van der Waals surface area contributed by atoms with Gasteiger partial charge in [-0.25, -0.2) is 0 Å². The molecule has 0 aromatic heterocycles. The molecule has 0 spiro atoms. The number of rotatable bonds is 4. The van der Waals surface area contributed by atoms with Crippen molar-refractivity contribution in [1.82, 2.24) is 0 Å². The van der Waals surface area contributed by atoms with Crippen LogP contribution in [0.3, 0.4) is 0 Å². The van der Waals surface area contributed by atoms with Gasteiger partial charge in [0.2, 0.25) is 0 Å². The Kier molecular flexibility index (Phi) is 5.14. The number of hydrogen-bond acceptors (Lipinski definition) is 3. The predicted octanol–water partition coefficient (Wildman–Crippen LogP) is 1.88. The van der Waals surface area contributed by atoms with Crippen molar-refractivity contribution in [3.8, 4) is 0 Å². The summed E-state index contributed by atoms with van der Waals surface area (Å²) in [4.78, 5) is 0. The molecular weight excluding hydrogens is 182 g/mol. The van der Waals surface area contributed by atoms with Crippen molar-refractivity contribution >= 4 is 11.8 Å². The van der Waals surface area contributed by atoms with Crippen LogP contribution in [0.2, 0.25) is 0 Å². The molecule has 0 aliphatic carbocycles. The molecule has 3 atom stereocenters. The van der Waals surface area contributed by atoms with Gasteiger partial charge in [-0.05, 0) is 12.3 Å². The zero-order chi connectivity index (χ0) is 9.68. The molecule has 3 heteroatoms. The highest BCUT2D eigenvalue weighted by Crippen LogP contribution is 2.19. The van der Waals surface area contributed by atoms with E-state index in [1.807, 2.05) is 11.8 Å². The van der Waals surface area contributed by atoms with E-state index in [-0.39, 0.29) is 6.04 Å². The maximum Gasteiger partial charge on any atom is 0.0816 e. The molecule has 1 rings (SSSR count). The first-order chi connectivity index (χ1) is 6.24. The molecule has 1 saturated heterocycles. The molecule has 0 radical (unpaired) electrons. The molecule has 0 amide bonds. The highest BCUT2D eigenvalue weighted by atomic mass is 32.2. The number of nitrogens with two attached hydrogens (primary N) is 1. The van der Waals surface area contributed by atoms with Gasteiger partial charge in [0, 0.05) is 17.5 Å². The minimum atomic E-state index is 0.239. The lowest BCUT2D eigenvalue weighted by atomic mass is 9.97. The minimum absolute atomic E-state index is 0.239. The summed E-state index contributed by atoms with van der Waals surface area (Å²) in [6, 6.07) is 0.239. The molecule has 0 aromatic carbocycles. The van der Waals surface area contributed by atoms with Gasteiger partial charge in [-0.3, -0.25) is 0 Å². The van der Waals surface area contributed by atoms with Gasteiger partial charge in [0.15, 0.2) is 0 Å². The molecule has 13 heavy (non-hydrogen) atoms. The van der Waals surface area contributed by atoms with Crippen LogP contribution in [0, 0.1) is 5.92 Å². The lowest BCUT2D eigenvalue weighted by Gasteiger charge is -2.29. The summed E-state index contributed by atoms with van der Waals surface area (Å²) in [5.74, 6) is 2.94. The Labute approximate surface area is 85.6 Å². The molecule has 1 aliphatic heterocycles. The summed E-state index contributed by atoms with van der Waals surface area (Å²) >= 11 is 1.96. The highest BCUT2D eigenvalue weighted by Gasteiger charge is 2.22. The van der Waals surface area contributed by atoms with E-state index < -0.39 is 0 Å². The predicted molar refractivity (Wildman–Crippen MR) is 59.1 cm³/mol. The SMILES string of the molecule is CCC(C)CC(N)C1CSCCO1. The molecule has 2 nitrogen and oxygen atoms in total. The molecule has 3 unspecified atom stereocenters. The van der Waals surface area contributed by atoms with E-state index in [0.717, 1.165) is 30.5 Å². The zero-order valence-electron chi connectivity index (χ0n) is 8.66. The Morgan fingerprint density at radius 3 is 2.92 bits per heavy atom. The third-order valence-electron chi connectivity index (χ3n) is 2.69. The van der Waals surface area contributed by atoms with E-state index in [9.17, 15) is 0 Å². The van der Waals surface area contributed by atoms with E-state index >= 15 is 0 Å². The maximum absolute atomic E-state index is 6.09. The number of thioether (sulfide) groups is 1. The number of hydrogen-bond donors (Lipinski definition) is 1.